The van der Waals surface area contributed by atoms with Gasteiger partial charge in [-0.25, -0.2) is 4.79 Å². The lowest BCUT2D eigenvalue weighted by molar-refractivity contribution is -0.156. The molecule has 4 amide bonds. The van der Waals surface area contributed by atoms with Crippen LogP contribution < -0.4 is 10.6 Å². The summed E-state index contributed by atoms with van der Waals surface area (Å²) in [5.74, 6) is -1.91. The highest BCUT2D eigenvalue weighted by molar-refractivity contribution is 6.08. The molecule has 0 aromatic heterocycles. The standard InChI is InChI=1S/C19H25N3O6/c1-12-5-7-14(8-6-12)19(3)17(25)22(18(26)21-19)11-15(23)28-13(2)16(24)20-9-10-27-4/h5-8,13H,9-11H2,1-4H3,(H,20,24)(H,21,26)/t13-,19-/m1/s1. The Bertz CT molecular complexity index is 763. The molecule has 9 heteroatoms. The van der Waals surface area contributed by atoms with Gasteiger partial charge in [-0.05, 0) is 26.3 Å². The first kappa shape index (κ1) is 21.4. The minimum Gasteiger partial charge on any atom is -0.451 e. The Morgan fingerprint density at radius 1 is 1.25 bits per heavy atom. The van der Waals surface area contributed by atoms with Gasteiger partial charge in [0.25, 0.3) is 11.8 Å². The molecule has 1 aromatic carbocycles. The maximum absolute atomic E-state index is 12.8. The topological polar surface area (TPSA) is 114 Å². The molecule has 1 heterocycles. The van der Waals surface area contributed by atoms with Gasteiger partial charge >= 0.3 is 12.0 Å². The summed E-state index contributed by atoms with van der Waals surface area (Å²) in [6.45, 7) is 4.92. The van der Waals surface area contributed by atoms with Crippen LogP contribution in [0.4, 0.5) is 4.79 Å². The molecule has 9 nitrogen and oxygen atoms in total. The molecule has 0 radical (unpaired) electrons. The number of carbonyl (C=O) groups excluding carboxylic acids is 4. The largest absolute Gasteiger partial charge is 0.451 e. The second-order valence-corrected chi connectivity index (χ2v) is 6.73. The van der Waals surface area contributed by atoms with Gasteiger partial charge in [0.2, 0.25) is 0 Å². The van der Waals surface area contributed by atoms with Crippen molar-refractivity contribution in [2.24, 2.45) is 0 Å². The van der Waals surface area contributed by atoms with Crippen molar-refractivity contribution < 1.29 is 28.7 Å². The number of esters is 1. The van der Waals surface area contributed by atoms with Gasteiger partial charge < -0.3 is 20.1 Å². The van der Waals surface area contributed by atoms with Crippen LogP contribution in [-0.2, 0) is 29.4 Å². The highest BCUT2D eigenvalue weighted by Gasteiger charge is 2.49. The molecule has 0 saturated carbocycles. The van der Waals surface area contributed by atoms with Crippen molar-refractivity contribution in [3.63, 3.8) is 0 Å². The normalized spacial score (nSPS) is 19.9. The predicted octanol–water partition coefficient (Wildman–Crippen LogP) is 0.456. The van der Waals surface area contributed by atoms with Crippen LogP contribution in [0.3, 0.4) is 0 Å². The van der Waals surface area contributed by atoms with Crippen LogP contribution in [-0.4, -0.2) is 61.6 Å². The van der Waals surface area contributed by atoms with Crippen LogP contribution in [0.25, 0.3) is 0 Å². The molecule has 2 rings (SSSR count). The molecule has 0 unspecified atom stereocenters. The average Bonchev–Trinajstić information content (AvgIpc) is 2.86. The molecule has 1 fully saturated rings. The SMILES string of the molecule is COCCNC(=O)[C@@H](C)OC(=O)CN1C(=O)N[C@](C)(c2ccc(C)cc2)C1=O. The summed E-state index contributed by atoms with van der Waals surface area (Å²) in [5, 5.41) is 5.16. The summed E-state index contributed by atoms with van der Waals surface area (Å²) >= 11 is 0. The van der Waals surface area contributed by atoms with Gasteiger partial charge in [0.15, 0.2) is 6.10 Å². The number of aryl methyl sites for hydroxylation is 1. The van der Waals surface area contributed by atoms with Gasteiger partial charge in [-0.3, -0.25) is 19.3 Å². The number of imide groups is 1. The van der Waals surface area contributed by atoms with Crippen molar-refractivity contribution in [2.75, 3.05) is 26.8 Å². The summed E-state index contributed by atoms with van der Waals surface area (Å²) in [4.78, 5) is 49.8. The van der Waals surface area contributed by atoms with Crippen LogP contribution in [0.15, 0.2) is 24.3 Å². The number of urea groups is 1. The first-order valence-corrected chi connectivity index (χ1v) is 8.86. The highest BCUT2D eigenvalue weighted by atomic mass is 16.5. The molecular formula is C19H25N3O6. The van der Waals surface area contributed by atoms with E-state index in [4.69, 9.17) is 9.47 Å². The van der Waals surface area contributed by atoms with Crippen LogP contribution in [0, 0.1) is 6.92 Å². The zero-order valence-electron chi connectivity index (χ0n) is 16.4. The lowest BCUT2D eigenvalue weighted by Gasteiger charge is -2.22. The summed E-state index contributed by atoms with van der Waals surface area (Å²) in [7, 11) is 1.50. The number of hydrogen-bond donors (Lipinski definition) is 2. The van der Waals surface area contributed by atoms with Crippen molar-refractivity contribution in [2.45, 2.75) is 32.4 Å². The second-order valence-electron chi connectivity index (χ2n) is 6.73. The summed E-state index contributed by atoms with van der Waals surface area (Å²) in [6, 6.07) is 6.48. The maximum atomic E-state index is 12.8. The van der Waals surface area contributed by atoms with E-state index >= 15 is 0 Å². The Morgan fingerprint density at radius 3 is 2.50 bits per heavy atom. The fraction of sp³-hybridized carbons (Fsp3) is 0.474. The van der Waals surface area contributed by atoms with E-state index in [1.807, 2.05) is 19.1 Å². The van der Waals surface area contributed by atoms with E-state index in [-0.39, 0.29) is 6.54 Å². The van der Waals surface area contributed by atoms with Crippen LogP contribution in [0.2, 0.25) is 0 Å². The van der Waals surface area contributed by atoms with Gasteiger partial charge in [0, 0.05) is 13.7 Å². The van der Waals surface area contributed by atoms with E-state index in [0.717, 1.165) is 10.5 Å². The third-order valence-electron chi connectivity index (χ3n) is 4.47. The molecular weight excluding hydrogens is 366 g/mol. The molecule has 0 bridgehead atoms. The summed E-state index contributed by atoms with van der Waals surface area (Å²) < 4.78 is 9.84. The number of nitrogens with one attached hydrogen (secondary N) is 2. The minimum absolute atomic E-state index is 0.277. The van der Waals surface area contributed by atoms with E-state index in [9.17, 15) is 19.2 Å². The number of carbonyl (C=O) groups is 4. The number of amides is 4. The average molecular weight is 391 g/mol. The lowest BCUT2D eigenvalue weighted by atomic mass is 9.91. The first-order chi connectivity index (χ1) is 13.2. The Morgan fingerprint density at radius 2 is 1.89 bits per heavy atom. The summed E-state index contributed by atoms with van der Waals surface area (Å²) in [6.07, 6.45) is -1.06. The van der Waals surface area contributed by atoms with E-state index in [2.05, 4.69) is 10.6 Å². The molecule has 2 atom stereocenters. The van der Waals surface area contributed by atoms with Crippen molar-refractivity contribution in [1.82, 2.24) is 15.5 Å². The van der Waals surface area contributed by atoms with Crippen molar-refractivity contribution in [3.8, 4) is 0 Å². The molecule has 0 spiro atoms. The van der Waals surface area contributed by atoms with Crippen LogP contribution in [0.5, 0.6) is 0 Å². The van der Waals surface area contributed by atoms with Gasteiger partial charge in [-0.2, -0.15) is 0 Å². The molecule has 1 saturated heterocycles. The third kappa shape index (κ3) is 4.66. The first-order valence-electron chi connectivity index (χ1n) is 8.86. The predicted molar refractivity (Wildman–Crippen MR) is 99.2 cm³/mol. The molecule has 2 N–H and O–H groups in total. The molecule has 0 aliphatic carbocycles. The van der Waals surface area contributed by atoms with E-state index in [1.54, 1.807) is 19.1 Å². The number of methoxy groups -OCH3 is 1. The Hall–Kier alpha value is -2.94. The highest BCUT2D eigenvalue weighted by Crippen LogP contribution is 2.28. The second kappa shape index (κ2) is 8.83. The van der Waals surface area contributed by atoms with Crippen molar-refractivity contribution >= 4 is 23.8 Å². The zero-order chi connectivity index (χ0) is 20.9. The lowest BCUT2D eigenvalue weighted by Crippen LogP contribution is -2.43. The smallest absolute Gasteiger partial charge is 0.327 e. The van der Waals surface area contributed by atoms with Gasteiger partial charge in [0.05, 0.1) is 6.61 Å². The van der Waals surface area contributed by atoms with Crippen LogP contribution in [0.1, 0.15) is 25.0 Å². The number of hydrogen-bond acceptors (Lipinski definition) is 6. The summed E-state index contributed by atoms with van der Waals surface area (Å²) in [5.41, 5.74) is 0.356. The van der Waals surface area contributed by atoms with Crippen molar-refractivity contribution in [1.29, 1.82) is 0 Å². The van der Waals surface area contributed by atoms with E-state index < -0.39 is 42.0 Å². The number of nitrogens with zero attached hydrogens (tertiary/aromatic N) is 1. The number of rotatable bonds is 8. The quantitative estimate of drug-likeness (QED) is 0.378. The molecule has 1 aliphatic rings. The Balaban J connectivity index is 1.99. The van der Waals surface area contributed by atoms with Gasteiger partial charge in [-0.1, -0.05) is 29.8 Å². The Labute approximate surface area is 163 Å². The van der Waals surface area contributed by atoms with Gasteiger partial charge in [-0.15, -0.1) is 0 Å². The molecule has 28 heavy (non-hydrogen) atoms. The third-order valence-corrected chi connectivity index (χ3v) is 4.47. The molecule has 1 aromatic rings. The fourth-order valence-corrected chi connectivity index (χ4v) is 2.76. The monoisotopic (exact) mass is 391 g/mol. The van der Waals surface area contributed by atoms with Crippen LogP contribution >= 0.6 is 0 Å². The van der Waals surface area contributed by atoms with E-state index in [0.29, 0.717) is 12.2 Å². The molecule has 152 valence electrons. The zero-order valence-corrected chi connectivity index (χ0v) is 16.4. The maximum Gasteiger partial charge on any atom is 0.327 e. The number of ether oxygens (including phenoxy) is 2. The minimum atomic E-state index is -1.27. The molecule has 1 aliphatic heterocycles. The fourth-order valence-electron chi connectivity index (χ4n) is 2.76. The number of benzene rings is 1. The Kier molecular flexibility index (Phi) is 6.74. The van der Waals surface area contributed by atoms with Gasteiger partial charge in [0.1, 0.15) is 12.1 Å². The van der Waals surface area contributed by atoms with E-state index in [1.165, 1.54) is 14.0 Å². The van der Waals surface area contributed by atoms with Crippen molar-refractivity contribution in [3.05, 3.63) is 35.4 Å².